The zero-order valence-corrected chi connectivity index (χ0v) is 11.2. The second-order valence-corrected chi connectivity index (χ2v) is 5.21. The molecule has 0 aliphatic carbocycles. The molecule has 0 bridgehead atoms. The molecule has 1 fully saturated rings. The molecule has 1 aliphatic heterocycles. The van der Waals surface area contributed by atoms with Crippen molar-refractivity contribution in [3.63, 3.8) is 0 Å². The van der Waals surface area contributed by atoms with E-state index in [0.717, 1.165) is 32.5 Å². The molecule has 1 atom stereocenters. The van der Waals surface area contributed by atoms with E-state index in [4.69, 9.17) is 5.11 Å². The van der Waals surface area contributed by atoms with Crippen LogP contribution in [0.4, 0.5) is 0 Å². The van der Waals surface area contributed by atoms with Crippen molar-refractivity contribution in [3.8, 4) is 0 Å². The largest absolute Gasteiger partial charge is 0.396 e. The molecule has 1 unspecified atom stereocenters. The first-order chi connectivity index (χ1) is 8.13. The highest BCUT2D eigenvalue weighted by Gasteiger charge is 2.19. The minimum atomic E-state index is 0.217. The number of likely N-dealkylation sites (tertiary alicyclic amines) is 1. The standard InChI is InChI=1S/C13H26N2O2/c1-14(2)13(17)6-4-9-15-8-3-5-12(11-15)7-10-16/h12,16H,3-11H2,1-2H3. The maximum absolute atomic E-state index is 11.4. The van der Waals surface area contributed by atoms with Gasteiger partial charge in [-0.05, 0) is 44.7 Å². The Labute approximate surface area is 105 Å². The highest BCUT2D eigenvalue weighted by atomic mass is 16.3. The number of aliphatic hydroxyl groups is 1. The lowest BCUT2D eigenvalue weighted by molar-refractivity contribution is -0.128. The van der Waals surface area contributed by atoms with Crippen molar-refractivity contribution in [2.24, 2.45) is 5.92 Å². The molecule has 1 N–H and O–H groups in total. The molecular weight excluding hydrogens is 216 g/mol. The third-order valence-corrected chi connectivity index (χ3v) is 3.50. The summed E-state index contributed by atoms with van der Waals surface area (Å²) in [6.45, 7) is 3.56. The summed E-state index contributed by atoms with van der Waals surface area (Å²) in [7, 11) is 3.61. The molecule has 4 heteroatoms. The highest BCUT2D eigenvalue weighted by molar-refractivity contribution is 5.75. The van der Waals surface area contributed by atoms with Crippen LogP contribution in [0, 0.1) is 5.92 Å². The number of nitrogens with zero attached hydrogens (tertiary/aromatic N) is 2. The Balaban J connectivity index is 2.16. The third kappa shape index (κ3) is 5.50. The smallest absolute Gasteiger partial charge is 0.222 e. The third-order valence-electron chi connectivity index (χ3n) is 3.50. The van der Waals surface area contributed by atoms with E-state index < -0.39 is 0 Å². The van der Waals surface area contributed by atoms with Gasteiger partial charge in [-0.2, -0.15) is 0 Å². The van der Waals surface area contributed by atoms with Crippen molar-refractivity contribution >= 4 is 5.91 Å². The van der Waals surface area contributed by atoms with Crippen molar-refractivity contribution in [2.45, 2.75) is 32.1 Å². The molecule has 17 heavy (non-hydrogen) atoms. The summed E-state index contributed by atoms with van der Waals surface area (Å²) in [5.74, 6) is 0.868. The van der Waals surface area contributed by atoms with Crippen LogP contribution < -0.4 is 0 Å². The zero-order chi connectivity index (χ0) is 12.7. The molecule has 4 nitrogen and oxygen atoms in total. The molecule has 1 aliphatic rings. The van der Waals surface area contributed by atoms with Crippen molar-refractivity contribution in [1.29, 1.82) is 0 Å². The van der Waals surface area contributed by atoms with Gasteiger partial charge >= 0.3 is 0 Å². The van der Waals surface area contributed by atoms with E-state index in [1.165, 1.54) is 12.8 Å². The summed E-state index contributed by atoms with van der Waals surface area (Å²) in [6.07, 6.45) is 4.99. The Morgan fingerprint density at radius 2 is 2.24 bits per heavy atom. The zero-order valence-electron chi connectivity index (χ0n) is 11.2. The minimum Gasteiger partial charge on any atom is -0.396 e. The fourth-order valence-electron chi connectivity index (χ4n) is 2.45. The predicted molar refractivity (Wildman–Crippen MR) is 68.8 cm³/mol. The van der Waals surface area contributed by atoms with Crippen LogP contribution in [0.5, 0.6) is 0 Å². The van der Waals surface area contributed by atoms with E-state index in [0.29, 0.717) is 18.9 Å². The normalized spacial score (nSPS) is 21.5. The van der Waals surface area contributed by atoms with Crippen LogP contribution in [0.3, 0.4) is 0 Å². The maximum atomic E-state index is 11.4. The molecular formula is C13H26N2O2. The summed E-state index contributed by atoms with van der Waals surface area (Å²) >= 11 is 0. The summed E-state index contributed by atoms with van der Waals surface area (Å²) in [4.78, 5) is 15.5. The Bertz CT molecular complexity index is 229. The summed E-state index contributed by atoms with van der Waals surface area (Å²) in [5, 5.41) is 8.95. The summed E-state index contributed by atoms with van der Waals surface area (Å²) in [5.41, 5.74) is 0. The topological polar surface area (TPSA) is 43.8 Å². The number of carbonyl (C=O) groups is 1. The molecule has 0 spiro atoms. The number of amides is 1. The molecule has 1 heterocycles. The van der Waals surface area contributed by atoms with Gasteiger partial charge in [-0.25, -0.2) is 0 Å². The summed E-state index contributed by atoms with van der Waals surface area (Å²) in [6, 6.07) is 0. The molecule has 1 saturated heterocycles. The van der Waals surface area contributed by atoms with Gasteiger partial charge in [0.25, 0.3) is 0 Å². The molecule has 0 saturated carbocycles. The second kappa shape index (κ2) is 7.67. The Morgan fingerprint density at radius 1 is 1.47 bits per heavy atom. The fraction of sp³-hybridized carbons (Fsp3) is 0.923. The van der Waals surface area contributed by atoms with E-state index in [2.05, 4.69) is 4.90 Å². The quantitative estimate of drug-likeness (QED) is 0.754. The van der Waals surface area contributed by atoms with Gasteiger partial charge in [0, 0.05) is 33.7 Å². The molecule has 0 aromatic heterocycles. The van der Waals surface area contributed by atoms with Gasteiger partial charge in [-0.15, -0.1) is 0 Å². The van der Waals surface area contributed by atoms with Gasteiger partial charge in [-0.3, -0.25) is 4.79 Å². The van der Waals surface area contributed by atoms with Crippen LogP contribution in [0.25, 0.3) is 0 Å². The number of rotatable bonds is 6. The number of carbonyl (C=O) groups excluding carboxylic acids is 1. The van der Waals surface area contributed by atoms with Crippen molar-refractivity contribution < 1.29 is 9.90 Å². The monoisotopic (exact) mass is 242 g/mol. The van der Waals surface area contributed by atoms with Crippen LogP contribution in [0.15, 0.2) is 0 Å². The molecule has 0 radical (unpaired) electrons. The fourth-order valence-corrected chi connectivity index (χ4v) is 2.45. The van der Waals surface area contributed by atoms with Gasteiger partial charge in [-0.1, -0.05) is 0 Å². The van der Waals surface area contributed by atoms with Crippen LogP contribution >= 0.6 is 0 Å². The van der Waals surface area contributed by atoms with Gasteiger partial charge in [0.15, 0.2) is 0 Å². The molecule has 0 aromatic carbocycles. The SMILES string of the molecule is CN(C)C(=O)CCCN1CCCC(CCO)C1. The van der Waals surface area contributed by atoms with Crippen LogP contribution in [-0.4, -0.2) is 61.2 Å². The Hall–Kier alpha value is -0.610. The van der Waals surface area contributed by atoms with Gasteiger partial charge < -0.3 is 14.9 Å². The highest BCUT2D eigenvalue weighted by Crippen LogP contribution is 2.19. The first-order valence-electron chi connectivity index (χ1n) is 6.67. The molecule has 1 rings (SSSR count). The Kier molecular flexibility index (Phi) is 6.52. The van der Waals surface area contributed by atoms with E-state index in [1.807, 2.05) is 0 Å². The van der Waals surface area contributed by atoms with Gasteiger partial charge in [0.05, 0.1) is 0 Å². The number of aliphatic hydroxyl groups excluding tert-OH is 1. The number of hydrogen-bond acceptors (Lipinski definition) is 3. The van der Waals surface area contributed by atoms with E-state index in [9.17, 15) is 4.79 Å². The van der Waals surface area contributed by atoms with E-state index >= 15 is 0 Å². The average Bonchev–Trinajstić information content (AvgIpc) is 2.29. The van der Waals surface area contributed by atoms with Crippen molar-refractivity contribution in [1.82, 2.24) is 9.80 Å². The van der Waals surface area contributed by atoms with E-state index in [-0.39, 0.29) is 5.91 Å². The van der Waals surface area contributed by atoms with Crippen molar-refractivity contribution in [3.05, 3.63) is 0 Å². The first-order valence-corrected chi connectivity index (χ1v) is 6.67. The van der Waals surface area contributed by atoms with Gasteiger partial charge in [0.1, 0.15) is 0 Å². The maximum Gasteiger partial charge on any atom is 0.222 e. The van der Waals surface area contributed by atoms with Crippen molar-refractivity contribution in [2.75, 3.05) is 40.3 Å². The van der Waals surface area contributed by atoms with Crippen LogP contribution in [-0.2, 0) is 4.79 Å². The Morgan fingerprint density at radius 3 is 2.88 bits per heavy atom. The van der Waals surface area contributed by atoms with E-state index in [1.54, 1.807) is 19.0 Å². The lowest BCUT2D eigenvalue weighted by Gasteiger charge is -2.32. The minimum absolute atomic E-state index is 0.217. The molecule has 100 valence electrons. The predicted octanol–water partition coefficient (Wildman–Crippen LogP) is 0.949. The first kappa shape index (κ1) is 14.5. The average molecular weight is 242 g/mol. The molecule has 1 amide bonds. The lowest BCUT2D eigenvalue weighted by Crippen LogP contribution is -2.36. The summed E-state index contributed by atoms with van der Waals surface area (Å²) < 4.78 is 0. The number of hydrogen-bond donors (Lipinski definition) is 1. The lowest BCUT2D eigenvalue weighted by atomic mass is 9.95. The number of piperidine rings is 1. The van der Waals surface area contributed by atoms with Crippen LogP contribution in [0.2, 0.25) is 0 Å². The van der Waals surface area contributed by atoms with Crippen LogP contribution in [0.1, 0.15) is 32.1 Å². The second-order valence-electron chi connectivity index (χ2n) is 5.21. The molecule has 0 aromatic rings. The van der Waals surface area contributed by atoms with Gasteiger partial charge in [0.2, 0.25) is 5.91 Å².